The molecule has 0 aliphatic rings. The summed E-state index contributed by atoms with van der Waals surface area (Å²) >= 11 is 0. The number of nitrogens with one attached hydrogen (secondary N) is 1. The lowest BCUT2D eigenvalue weighted by Crippen LogP contribution is -2.28. The highest BCUT2D eigenvalue weighted by molar-refractivity contribution is 7.92. The molecule has 18 heavy (non-hydrogen) atoms. The maximum Gasteiger partial charge on any atom is 0.251 e. The maximum atomic E-state index is 11.7. The average molecular weight is 270 g/mol. The lowest BCUT2D eigenvalue weighted by atomic mass is 10.2. The molecule has 1 rings (SSSR count). The van der Waals surface area contributed by atoms with E-state index in [1.54, 1.807) is 31.2 Å². The lowest BCUT2D eigenvalue weighted by Gasteiger charge is -2.18. The second-order valence-corrected chi connectivity index (χ2v) is 6.07. The van der Waals surface area contributed by atoms with E-state index in [1.807, 2.05) is 6.92 Å². The van der Waals surface area contributed by atoms with Crippen LogP contribution in [0.25, 0.3) is 0 Å². The molecular formula is C12H18N2O3S. The van der Waals surface area contributed by atoms with Crippen LogP contribution in [-0.2, 0) is 10.0 Å². The van der Waals surface area contributed by atoms with Crippen molar-refractivity contribution in [1.29, 1.82) is 0 Å². The molecule has 1 amide bonds. The van der Waals surface area contributed by atoms with Crippen LogP contribution in [0, 0.1) is 0 Å². The number of carbonyl (C=O) groups is 1. The van der Waals surface area contributed by atoms with Crippen LogP contribution in [0.4, 0.5) is 5.69 Å². The van der Waals surface area contributed by atoms with E-state index in [0.717, 1.165) is 0 Å². The van der Waals surface area contributed by atoms with Crippen LogP contribution in [0.15, 0.2) is 24.3 Å². The summed E-state index contributed by atoms with van der Waals surface area (Å²) in [5, 5.41) is 2.67. The van der Waals surface area contributed by atoms with Crippen LogP contribution in [0.1, 0.15) is 24.2 Å². The van der Waals surface area contributed by atoms with Gasteiger partial charge in [0.1, 0.15) is 0 Å². The van der Waals surface area contributed by atoms with E-state index in [4.69, 9.17) is 0 Å². The summed E-state index contributed by atoms with van der Waals surface area (Å²) in [4.78, 5) is 11.7. The highest BCUT2D eigenvalue weighted by Gasteiger charge is 2.16. The number of anilines is 1. The van der Waals surface area contributed by atoms with Gasteiger partial charge in [-0.15, -0.1) is 0 Å². The van der Waals surface area contributed by atoms with Crippen LogP contribution in [0.2, 0.25) is 0 Å². The Morgan fingerprint density at radius 3 is 2.56 bits per heavy atom. The first kappa shape index (κ1) is 14.5. The monoisotopic (exact) mass is 270 g/mol. The molecule has 0 fully saturated rings. The van der Waals surface area contributed by atoms with E-state index >= 15 is 0 Å². The fraction of sp³-hybridized carbons (Fsp3) is 0.417. The van der Waals surface area contributed by atoms with Crippen molar-refractivity contribution in [2.24, 2.45) is 0 Å². The molecule has 5 nitrogen and oxygen atoms in total. The Balaban J connectivity index is 3.06. The van der Waals surface area contributed by atoms with Crippen LogP contribution in [0.3, 0.4) is 0 Å². The van der Waals surface area contributed by atoms with E-state index in [2.05, 4.69) is 5.32 Å². The standard InChI is InChI=1S/C12H18N2O3S/c1-4-13-12(15)10-7-6-8-11(9-10)14(3)18(16,17)5-2/h6-9H,4-5H2,1-3H3,(H,13,15). The molecule has 6 heteroatoms. The highest BCUT2D eigenvalue weighted by Crippen LogP contribution is 2.18. The van der Waals surface area contributed by atoms with Crippen LogP contribution in [0.5, 0.6) is 0 Å². The molecule has 1 aromatic carbocycles. The van der Waals surface area contributed by atoms with Gasteiger partial charge in [0.2, 0.25) is 10.0 Å². The summed E-state index contributed by atoms with van der Waals surface area (Å²) in [5.74, 6) is -0.184. The quantitative estimate of drug-likeness (QED) is 0.875. The Morgan fingerprint density at radius 2 is 2.00 bits per heavy atom. The minimum Gasteiger partial charge on any atom is -0.352 e. The van der Waals surface area contributed by atoms with E-state index in [-0.39, 0.29) is 11.7 Å². The van der Waals surface area contributed by atoms with Crippen molar-refractivity contribution in [3.05, 3.63) is 29.8 Å². The van der Waals surface area contributed by atoms with Crippen LogP contribution >= 0.6 is 0 Å². The number of benzene rings is 1. The van der Waals surface area contributed by atoms with E-state index in [1.165, 1.54) is 11.4 Å². The number of rotatable bonds is 5. The molecule has 0 saturated carbocycles. The van der Waals surface area contributed by atoms with Crippen molar-refractivity contribution in [2.45, 2.75) is 13.8 Å². The zero-order chi connectivity index (χ0) is 13.8. The molecule has 0 aromatic heterocycles. The molecule has 100 valence electrons. The molecule has 0 radical (unpaired) electrons. The second kappa shape index (κ2) is 5.86. The average Bonchev–Trinajstić information content (AvgIpc) is 2.38. The smallest absolute Gasteiger partial charge is 0.251 e. The number of amides is 1. The normalized spacial score (nSPS) is 11.1. The predicted molar refractivity (Wildman–Crippen MR) is 72.3 cm³/mol. The fourth-order valence-electron chi connectivity index (χ4n) is 1.46. The van der Waals surface area contributed by atoms with E-state index < -0.39 is 10.0 Å². The minimum absolute atomic E-state index is 0.0227. The summed E-state index contributed by atoms with van der Waals surface area (Å²) in [7, 11) is -1.82. The Kier molecular flexibility index (Phi) is 4.72. The molecule has 0 atom stereocenters. The molecule has 1 aromatic rings. The Bertz CT molecular complexity index is 526. The summed E-state index contributed by atoms with van der Waals surface area (Å²) in [6, 6.07) is 6.55. The van der Waals surface area contributed by atoms with E-state index in [9.17, 15) is 13.2 Å². The fourth-order valence-corrected chi connectivity index (χ4v) is 2.28. The SMILES string of the molecule is CCNC(=O)c1cccc(N(C)S(=O)(=O)CC)c1. The lowest BCUT2D eigenvalue weighted by molar-refractivity contribution is 0.0956. The van der Waals surface area contributed by atoms with Crippen molar-refractivity contribution in [3.8, 4) is 0 Å². The van der Waals surface area contributed by atoms with Crippen molar-refractivity contribution < 1.29 is 13.2 Å². The third kappa shape index (κ3) is 3.22. The summed E-state index contributed by atoms with van der Waals surface area (Å²) < 4.78 is 24.7. The zero-order valence-electron chi connectivity index (χ0n) is 10.8. The third-order valence-corrected chi connectivity index (χ3v) is 4.37. The number of nitrogens with zero attached hydrogens (tertiary/aromatic N) is 1. The topological polar surface area (TPSA) is 66.5 Å². The first-order valence-electron chi connectivity index (χ1n) is 5.77. The molecule has 1 N–H and O–H groups in total. The predicted octanol–water partition coefficient (Wildman–Crippen LogP) is 1.22. The van der Waals surface area contributed by atoms with Gasteiger partial charge in [0, 0.05) is 19.2 Å². The molecule has 0 spiro atoms. The second-order valence-electron chi connectivity index (χ2n) is 3.78. The van der Waals surface area contributed by atoms with Crippen LogP contribution < -0.4 is 9.62 Å². The van der Waals surface area contributed by atoms with Gasteiger partial charge >= 0.3 is 0 Å². The number of carbonyl (C=O) groups excluding carboxylic acids is 1. The van der Waals surface area contributed by atoms with Gasteiger partial charge in [-0.05, 0) is 32.0 Å². The molecule has 0 heterocycles. The minimum atomic E-state index is -3.30. The van der Waals surface area contributed by atoms with Gasteiger partial charge in [-0.25, -0.2) is 8.42 Å². The third-order valence-electron chi connectivity index (χ3n) is 2.59. The zero-order valence-corrected chi connectivity index (χ0v) is 11.6. The van der Waals surface area contributed by atoms with Crippen molar-refractivity contribution in [2.75, 3.05) is 23.7 Å². The number of sulfonamides is 1. The first-order valence-corrected chi connectivity index (χ1v) is 7.38. The molecule has 0 aliphatic carbocycles. The maximum absolute atomic E-state index is 11.7. The van der Waals surface area contributed by atoms with Crippen molar-refractivity contribution in [3.63, 3.8) is 0 Å². The highest BCUT2D eigenvalue weighted by atomic mass is 32.2. The van der Waals surface area contributed by atoms with E-state index in [0.29, 0.717) is 17.8 Å². The molecule has 0 aliphatic heterocycles. The Morgan fingerprint density at radius 1 is 1.33 bits per heavy atom. The summed E-state index contributed by atoms with van der Waals surface area (Å²) in [6.07, 6.45) is 0. The Hall–Kier alpha value is -1.56. The molecular weight excluding hydrogens is 252 g/mol. The van der Waals surface area contributed by atoms with Gasteiger partial charge in [-0.1, -0.05) is 6.07 Å². The number of hydrogen-bond donors (Lipinski definition) is 1. The molecule has 0 bridgehead atoms. The molecule has 0 unspecified atom stereocenters. The van der Waals surface area contributed by atoms with Gasteiger partial charge < -0.3 is 5.32 Å². The van der Waals surface area contributed by atoms with Gasteiger partial charge in [-0.2, -0.15) is 0 Å². The summed E-state index contributed by atoms with van der Waals surface area (Å²) in [6.45, 7) is 3.95. The number of hydrogen-bond acceptors (Lipinski definition) is 3. The van der Waals surface area contributed by atoms with Crippen molar-refractivity contribution >= 4 is 21.6 Å². The largest absolute Gasteiger partial charge is 0.352 e. The molecule has 0 saturated heterocycles. The van der Waals surface area contributed by atoms with Gasteiger partial charge in [0.15, 0.2) is 0 Å². The van der Waals surface area contributed by atoms with Gasteiger partial charge in [0.05, 0.1) is 11.4 Å². The summed E-state index contributed by atoms with van der Waals surface area (Å²) in [5.41, 5.74) is 0.938. The van der Waals surface area contributed by atoms with Crippen molar-refractivity contribution in [1.82, 2.24) is 5.32 Å². The first-order chi connectivity index (χ1) is 8.42. The Labute approximate surface area is 108 Å². The van der Waals surface area contributed by atoms with Gasteiger partial charge in [-0.3, -0.25) is 9.10 Å². The van der Waals surface area contributed by atoms with Crippen LogP contribution in [-0.4, -0.2) is 33.7 Å². The van der Waals surface area contributed by atoms with Gasteiger partial charge in [0.25, 0.3) is 5.91 Å².